The molecule has 0 spiro atoms. The van der Waals surface area contributed by atoms with Gasteiger partial charge in [-0.1, -0.05) is 29.8 Å². The van der Waals surface area contributed by atoms with Gasteiger partial charge in [0.15, 0.2) is 5.03 Å². The van der Waals surface area contributed by atoms with Gasteiger partial charge in [-0.05, 0) is 31.6 Å². The van der Waals surface area contributed by atoms with Crippen molar-refractivity contribution in [3.05, 3.63) is 35.3 Å². The second kappa shape index (κ2) is 6.42. The van der Waals surface area contributed by atoms with Gasteiger partial charge >= 0.3 is 0 Å². The molecule has 1 atom stereocenters. The van der Waals surface area contributed by atoms with Gasteiger partial charge < -0.3 is 4.57 Å². The molecule has 2 heterocycles. The smallest absolute Gasteiger partial charge is 0.262 e. The van der Waals surface area contributed by atoms with Crippen molar-refractivity contribution in [3.8, 4) is 0 Å². The van der Waals surface area contributed by atoms with E-state index in [-0.39, 0.29) is 5.03 Å². The molecule has 3 rings (SSSR count). The highest BCUT2D eigenvalue weighted by atomic mass is 35.5. The summed E-state index contributed by atoms with van der Waals surface area (Å²) in [7, 11) is -1.68. The molecule has 1 unspecified atom stereocenters. The Hall–Kier alpha value is -1.11. The summed E-state index contributed by atoms with van der Waals surface area (Å²) >= 11 is 6.12. The summed E-state index contributed by atoms with van der Waals surface area (Å²) in [6, 6.07) is 0. The maximum atomic E-state index is 12.7. The third-order valence-electron chi connectivity index (χ3n) is 4.78. The Kier molecular flexibility index (Phi) is 4.67. The van der Waals surface area contributed by atoms with Gasteiger partial charge in [-0.15, -0.1) is 0 Å². The predicted octanol–water partition coefficient (Wildman–Crippen LogP) is 2.83. The zero-order chi connectivity index (χ0) is 16.6. The monoisotopic (exact) mass is 355 g/mol. The molecular formula is C16H22ClN3O2S. The predicted molar refractivity (Wildman–Crippen MR) is 90.6 cm³/mol. The minimum atomic E-state index is -3.49. The summed E-state index contributed by atoms with van der Waals surface area (Å²) in [5.74, 6) is 1.49. The number of allylic oxidation sites excluding steroid dienone is 4. The first-order valence-corrected chi connectivity index (χ1v) is 9.72. The van der Waals surface area contributed by atoms with Gasteiger partial charge in [0.25, 0.3) is 10.0 Å². The van der Waals surface area contributed by atoms with Crippen LogP contribution in [0, 0.1) is 18.8 Å². The van der Waals surface area contributed by atoms with Gasteiger partial charge in [-0.25, -0.2) is 13.4 Å². The molecule has 5 nitrogen and oxygen atoms in total. The molecule has 1 aliphatic carbocycles. The van der Waals surface area contributed by atoms with Crippen molar-refractivity contribution in [1.82, 2.24) is 13.9 Å². The summed E-state index contributed by atoms with van der Waals surface area (Å²) in [5.41, 5.74) is 0. The molecular weight excluding hydrogens is 334 g/mol. The van der Waals surface area contributed by atoms with Crippen LogP contribution in [0.1, 0.15) is 25.1 Å². The SMILES string of the molecule is Cc1nc(S(=O)(=O)N2CCC(C3C=CCC(Cl)=C3)CC2)cn1C. The fraction of sp³-hybridized carbons (Fsp3) is 0.562. The van der Waals surface area contributed by atoms with E-state index in [1.807, 2.05) is 0 Å². The van der Waals surface area contributed by atoms with E-state index in [1.54, 1.807) is 29.0 Å². The number of nitrogens with zero attached hydrogens (tertiary/aromatic N) is 3. The number of sulfonamides is 1. The molecule has 2 aliphatic rings. The first-order chi connectivity index (χ1) is 10.9. The highest BCUT2D eigenvalue weighted by Crippen LogP contribution is 2.33. The van der Waals surface area contributed by atoms with E-state index in [0.717, 1.165) is 24.3 Å². The molecule has 0 N–H and O–H groups in total. The van der Waals surface area contributed by atoms with Crippen LogP contribution in [0.2, 0.25) is 0 Å². The van der Waals surface area contributed by atoms with Crippen molar-refractivity contribution in [2.75, 3.05) is 13.1 Å². The lowest BCUT2D eigenvalue weighted by molar-refractivity contribution is 0.249. The summed E-state index contributed by atoms with van der Waals surface area (Å²) in [6.07, 6.45) is 10.5. The summed E-state index contributed by atoms with van der Waals surface area (Å²) in [4.78, 5) is 4.17. The minimum Gasteiger partial charge on any atom is -0.337 e. The van der Waals surface area contributed by atoms with E-state index in [0.29, 0.717) is 30.7 Å². The largest absolute Gasteiger partial charge is 0.337 e. The van der Waals surface area contributed by atoms with Crippen LogP contribution in [0.15, 0.2) is 34.5 Å². The Labute approximate surface area is 142 Å². The average molecular weight is 356 g/mol. The average Bonchev–Trinajstić information content (AvgIpc) is 2.88. The summed E-state index contributed by atoms with van der Waals surface area (Å²) < 4.78 is 28.7. The Morgan fingerprint density at radius 1 is 1.30 bits per heavy atom. The van der Waals surface area contributed by atoms with Crippen molar-refractivity contribution in [2.45, 2.75) is 31.2 Å². The summed E-state index contributed by atoms with van der Waals surface area (Å²) in [5, 5.41) is 1.04. The van der Waals surface area contributed by atoms with E-state index in [4.69, 9.17) is 11.6 Å². The second-order valence-corrected chi connectivity index (χ2v) is 8.67. The number of aryl methyl sites for hydroxylation is 2. The lowest BCUT2D eigenvalue weighted by Gasteiger charge is -2.33. The molecule has 1 fully saturated rings. The van der Waals surface area contributed by atoms with Crippen molar-refractivity contribution in [1.29, 1.82) is 0 Å². The van der Waals surface area contributed by atoms with Crippen molar-refractivity contribution in [2.24, 2.45) is 18.9 Å². The van der Waals surface area contributed by atoms with E-state index in [2.05, 4.69) is 23.2 Å². The van der Waals surface area contributed by atoms with Gasteiger partial charge in [0.2, 0.25) is 0 Å². The zero-order valence-electron chi connectivity index (χ0n) is 13.4. The molecule has 0 radical (unpaired) electrons. The second-order valence-electron chi connectivity index (χ2n) is 6.30. The zero-order valence-corrected chi connectivity index (χ0v) is 15.0. The van der Waals surface area contributed by atoms with Gasteiger partial charge in [0.1, 0.15) is 5.82 Å². The normalized spacial score (nSPS) is 24.0. The van der Waals surface area contributed by atoms with Crippen molar-refractivity contribution >= 4 is 21.6 Å². The van der Waals surface area contributed by atoms with Crippen LogP contribution in [0.3, 0.4) is 0 Å². The fourth-order valence-electron chi connectivity index (χ4n) is 3.25. The Bertz CT molecular complexity index is 724. The first kappa shape index (κ1) is 16.7. The van der Waals surface area contributed by atoms with Crippen LogP contribution in [0.25, 0.3) is 0 Å². The van der Waals surface area contributed by atoms with Crippen LogP contribution in [0.5, 0.6) is 0 Å². The molecule has 1 saturated heterocycles. The topological polar surface area (TPSA) is 55.2 Å². The lowest BCUT2D eigenvalue weighted by Crippen LogP contribution is -2.40. The molecule has 1 aromatic heterocycles. The number of aromatic nitrogens is 2. The molecule has 1 aliphatic heterocycles. The molecule has 0 saturated carbocycles. The quantitative estimate of drug-likeness (QED) is 0.783. The number of imidazole rings is 1. The highest BCUT2D eigenvalue weighted by Gasteiger charge is 2.33. The number of halogens is 1. The Morgan fingerprint density at radius 2 is 2.00 bits per heavy atom. The van der Waals surface area contributed by atoms with Crippen molar-refractivity contribution < 1.29 is 8.42 Å². The van der Waals surface area contributed by atoms with Crippen LogP contribution < -0.4 is 0 Å². The molecule has 23 heavy (non-hydrogen) atoms. The van der Waals surface area contributed by atoms with Gasteiger partial charge in [-0.3, -0.25) is 0 Å². The van der Waals surface area contributed by atoms with Crippen LogP contribution in [-0.2, 0) is 17.1 Å². The van der Waals surface area contributed by atoms with E-state index >= 15 is 0 Å². The number of piperidine rings is 1. The maximum absolute atomic E-state index is 12.7. The molecule has 126 valence electrons. The summed E-state index contributed by atoms with van der Waals surface area (Å²) in [6.45, 7) is 2.88. The van der Waals surface area contributed by atoms with Crippen LogP contribution in [0.4, 0.5) is 0 Å². The fourth-order valence-corrected chi connectivity index (χ4v) is 4.98. The molecule has 0 aromatic carbocycles. The van der Waals surface area contributed by atoms with Crippen LogP contribution >= 0.6 is 11.6 Å². The van der Waals surface area contributed by atoms with Crippen LogP contribution in [-0.4, -0.2) is 35.4 Å². The minimum absolute atomic E-state index is 0.149. The van der Waals surface area contributed by atoms with E-state index in [9.17, 15) is 8.42 Å². The molecule has 7 heteroatoms. The first-order valence-electron chi connectivity index (χ1n) is 7.91. The number of hydrogen-bond donors (Lipinski definition) is 0. The molecule has 0 bridgehead atoms. The Morgan fingerprint density at radius 3 is 2.57 bits per heavy atom. The van der Waals surface area contributed by atoms with Gasteiger partial charge in [0, 0.05) is 37.8 Å². The van der Waals surface area contributed by atoms with E-state index < -0.39 is 10.0 Å². The van der Waals surface area contributed by atoms with Gasteiger partial charge in [-0.2, -0.15) is 4.31 Å². The highest BCUT2D eigenvalue weighted by molar-refractivity contribution is 7.89. The maximum Gasteiger partial charge on any atom is 0.262 e. The van der Waals surface area contributed by atoms with E-state index in [1.165, 1.54) is 0 Å². The standard InChI is InChI=1S/C16H22ClN3O2S/c1-12-18-16(11-19(12)2)23(21,22)20-8-6-13(7-9-20)14-4-3-5-15(17)10-14/h3-4,10-11,13-14H,5-9H2,1-2H3. The van der Waals surface area contributed by atoms with Gasteiger partial charge in [0.05, 0.1) is 0 Å². The third-order valence-corrected chi connectivity index (χ3v) is 6.83. The third kappa shape index (κ3) is 3.39. The van der Waals surface area contributed by atoms with Crippen molar-refractivity contribution in [3.63, 3.8) is 0 Å². The number of hydrogen-bond acceptors (Lipinski definition) is 3. The molecule has 0 amide bonds. The number of rotatable bonds is 3. The Balaban J connectivity index is 1.69. The molecule has 1 aromatic rings. The lowest BCUT2D eigenvalue weighted by atomic mass is 9.83.